The van der Waals surface area contributed by atoms with E-state index in [1.165, 1.54) is 0 Å². The maximum Gasteiger partial charge on any atom is 0.255 e. The number of nitrogens with zero attached hydrogens (tertiary/aromatic N) is 1. The fourth-order valence-electron chi connectivity index (χ4n) is 6.08. The van der Waals surface area contributed by atoms with Crippen LogP contribution in [0.1, 0.15) is 70.3 Å². The minimum Gasteiger partial charge on any atom is -0.399 e. The third-order valence-corrected chi connectivity index (χ3v) is 8.74. The molecule has 0 bridgehead atoms. The second-order valence-corrected chi connectivity index (χ2v) is 12.7. The van der Waals surface area contributed by atoms with Crippen LogP contribution >= 0.6 is 12.4 Å². The lowest BCUT2D eigenvalue weighted by molar-refractivity contribution is -0.138. The third kappa shape index (κ3) is 6.78. The van der Waals surface area contributed by atoms with Crippen molar-refractivity contribution < 1.29 is 22.8 Å². The highest BCUT2D eigenvalue weighted by atomic mass is 35.5. The quantitative estimate of drug-likeness (QED) is 0.255. The van der Waals surface area contributed by atoms with E-state index < -0.39 is 40.0 Å². The maximum absolute atomic E-state index is 14.3. The molecule has 3 aromatic rings. The second-order valence-electron chi connectivity index (χ2n) is 10.9. The molecular formula is C31H37ClN4O5S. The molecule has 11 heteroatoms. The predicted octanol–water partition coefficient (Wildman–Crippen LogP) is 4.39. The highest BCUT2D eigenvalue weighted by Gasteiger charge is 2.49. The minimum absolute atomic E-state index is 0. The van der Waals surface area contributed by atoms with E-state index in [1.54, 1.807) is 29.2 Å². The van der Waals surface area contributed by atoms with Crippen molar-refractivity contribution in [3.63, 3.8) is 0 Å². The van der Waals surface area contributed by atoms with Crippen LogP contribution < -0.4 is 15.9 Å². The molecule has 1 fully saturated rings. The Hall–Kier alpha value is -3.44. The molecule has 4 N–H and O–H groups in total. The van der Waals surface area contributed by atoms with Crippen molar-refractivity contribution >= 4 is 39.9 Å². The van der Waals surface area contributed by atoms with Crippen molar-refractivity contribution in [1.29, 1.82) is 0 Å². The van der Waals surface area contributed by atoms with E-state index in [0.717, 1.165) is 30.2 Å². The number of amides is 2. The van der Waals surface area contributed by atoms with Crippen LogP contribution in [0.25, 0.3) is 0 Å². The molecule has 0 radical (unpaired) electrons. The molecule has 3 aromatic carbocycles. The number of hydrogen-bond acceptors (Lipinski definition) is 6. The van der Waals surface area contributed by atoms with Gasteiger partial charge in [0, 0.05) is 23.3 Å². The summed E-state index contributed by atoms with van der Waals surface area (Å²) in [5, 5.41) is 0. The summed E-state index contributed by atoms with van der Waals surface area (Å²) in [5.74, 6) is -1.48. The van der Waals surface area contributed by atoms with Crippen LogP contribution in [0.5, 0.6) is 0 Å². The van der Waals surface area contributed by atoms with Gasteiger partial charge in [0.1, 0.15) is 0 Å². The van der Waals surface area contributed by atoms with E-state index >= 15 is 0 Å². The molecule has 0 saturated heterocycles. The van der Waals surface area contributed by atoms with Crippen molar-refractivity contribution in [3.05, 3.63) is 101 Å². The summed E-state index contributed by atoms with van der Waals surface area (Å²) in [6.07, 6.45) is 3.98. The summed E-state index contributed by atoms with van der Waals surface area (Å²) in [5.41, 5.74) is 13.0. The van der Waals surface area contributed by atoms with E-state index in [0.29, 0.717) is 35.2 Å². The first kappa shape index (κ1) is 31.5. The summed E-state index contributed by atoms with van der Waals surface area (Å²) < 4.78 is 27.4. The Bertz CT molecular complexity index is 1540. The smallest absolute Gasteiger partial charge is 0.255 e. The summed E-state index contributed by atoms with van der Waals surface area (Å²) in [6.45, 7) is 2.07. The lowest BCUT2D eigenvalue weighted by Crippen LogP contribution is -2.59. The van der Waals surface area contributed by atoms with E-state index in [9.17, 15) is 18.0 Å². The average molecular weight is 613 g/mol. The zero-order valence-corrected chi connectivity index (χ0v) is 25.3. The van der Waals surface area contributed by atoms with E-state index in [1.807, 2.05) is 55.5 Å². The highest BCUT2D eigenvalue weighted by molar-refractivity contribution is 7.88. The molecule has 42 heavy (non-hydrogen) atoms. The predicted molar refractivity (Wildman–Crippen MR) is 164 cm³/mol. The van der Waals surface area contributed by atoms with Gasteiger partial charge in [-0.15, -0.1) is 12.4 Å². The summed E-state index contributed by atoms with van der Waals surface area (Å²) in [4.78, 5) is 35.7. The van der Waals surface area contributed by atoms with Crippen LogP contribution in [-0.2, 0) is 26.3 Å². The Morgan fingerprint density at radius 2 is 1.71 bits per heavy atom. The van der Waals surface area contributed by atoms with Crippen molar-refractivity contribution in [1.82, 2.24) is 15.1 Å². The summed E-state index contributed by atoms with van der Waals surface area (Å²) >= 11 is 0. The van der Waals surface area contributed by atoms with Gasteiger partial charge in [-0.1, -0.05) is 73.5 Å². The molecule has 4 atom stereocenters. The van der Waals surface area contributed by atoms with Crippen LogP contribution in [0.3, 0.4) is 0 Å². The summed E-state index contributed by atoms with van der Waals surface area (Å²) in [6, 6.07) is 20.5. The lowest BCUT2D eigenvalue weighted by Gasteiger charge is -2.49. The number of hydrogen-bond donors (Lipinski definition) is 3. The Kier molecular flexibility index (Phi) is 9.93. The molecule has 5 rings (SSSR count). The Morgan fingerprint density at radius 3 is 2.43 bits per heavy atom. The molecule has 4 unspecified atom stereocenters. The number of hydroxylamine groups is 1. The Balaban J connectivity index is 0.00000405. The molecule has 9 nitrogen and oxygen atoms in total. The minimum atomic E-state index is -3.54. The van der Waals surface area contributed by atoms with Gasteiger partial charge in [-0.25, -0.2) is 18.6 Å². The number of rotatable bonds is 8. The topological polar surface area (TPSA) is 131 Å². The normalized spacial score (nSPS) is 22.1. The molecule has 0 aromatic heterocycles. The second kappa shape index (κ2) is 13.2. The standard InChI is InChI=1S/C31H36N4O5S.ClH/c1-20-16-17-22(18-25(20)32)29-28(30(36)33-40-19-21-10-4-3-5-11-21)23-12-6-7-13-24(23)31(37)35(29)27-15-9-8-14-26(27)34-41(2,38)39;/h3-7,10-13,16-18,26-29,34H,8-9,14-15,19,32H2,1-2H3,(H,33,36);1H. The largest absolute Gasteiger partial charge is 0.399 e. The van der Waals surface area contributed by atoms with Gasteiger partial charge in [-0.2, -0.15) is 0 Å². The number of fused-ring (bicyclic) bond motifs is 1. The average Bonchev–Trinajstić information content (AvgIpc) is 2.95. The monoisotopic (exact) mass is 612 g/mol. The fraction of sp³-hybridized carbons (Fsp3) is 0.355. The number of anilines is 1. The van der Waals surface area contributed by atoms with Crippen LogP contribution in [0.4, 0.5) is 5.69 Å². The SMILES string of the molecule is Cc1ccc(C2C(C(=O)NOCc3ccccc3)c3ccccc3C(=O)N2C2CCCCC2NS(C)(=O)=O)cc1N.Cl. The highest BCUT2D eigenvalue weighted by Crippen LogP contribution is 2.46. The lowest BCUT2D eigenvalue weighted by atomic mass is 9.76. The first-order valence-electron chi connectivity index (χ1n) is 13.8. The first-order chi connectivity index (χ1) is 19.6. The number of halogens is 1. The third-order valence-electron chi connectivity index (χ3n) is 8.01. The van der Waals surface area contributed by atoms with Crippen molar-refractivity contribution in [3.8, 4) is 0 Å². The van der Waals surface area contributed by atoms with E-state index in [2.05, 4.69) is 10.2 Å². The number of carbonyl (C=O) groups excluding carboxylic acids is 2. The molecule has 1 saturated carbocycles. The maximum atomic E-state index is 14.3. The van der Waals surface area contributed by atoms with Gasteiger partial charge >= 0.3 is 0 Å². The van der Waals surface area contributed by atoms with Gasteiger partial charge < -0.3 is 10.6 Å². The number of sulfonamides is 1. The fourth-order valence-corrected chi connectivity index (χ4v) is 6.91. The molecule has 2 amide bonds. The van der Waals surface area contributed by atoms with Crippen molar-refractivity contribution in [2.45, 2.75) is 63.3 Å². The zero-order chi connectivity index (χ0) is 29.1. The number of aryl methyl sites for hydroxylation is 1. The number of nitrogen functional groups attached to an aromatic ring is 1. The molecule has 1 heterocycles. The van der Waals surface area contributed by atoms with Crippen molar-refractivity contribution in [2.75, 3.05) is 12.0 Å². The number of benzene rings is 3. The van der Waals surface area contributed by atoms with Gasteiger partial charge in [-0.05, 0) is 54.2 Å². The number of nitrogens with two attached hydrogens (primary N) is 1. The number of carbonyl (C=O) groups is 2. The van der Waals surface area contributed by atoms with Crippen LogP contribution in [0.15, 0.2) is 72.8 Å². The molecule has 1 aliphatic carbocycles. The Morgan fingerprint density at radius 1 is 1.02 bits per heavy atom. The van der Waals surface area contributed by atoms with Gasteiger partial charge in [0.25, 0.3) is 11.8 Å². The van der Waals surface area contributed by atoms with Crippen molar-refractivity contribution in [2.24, 2.45) is 0 Å². The van der Waals surface area contributed by atoms with E-state index in [4.69, 9.17) is 10.6 Å². The molecule has 224 valence electrons. The molecule has 1 aliphatic heterocycles. The van der Waals surface area contributed by atoms with Gasteiger partial charge in [0.05, 0.1) is 24.8 Å². The molecule has 2 aliphatic rings. The zero-order valence-electron chi connectivity index (χ0n) is 23.7. The summed E-state index contributed by atoms with van der Waals surface area (Å²) in [7, 11) is -3.54. The first-order valence-corrected chi connectivity index (χ1v) is 15.7. The number of nitrogens with one attached hydrogen (secondary N) is 2. The molecular weight excluding hydrogens is 576 g/mol. The van der Waals surface area contributed by atoms with Gasteiger partial charge in [0.2, 0.25) is 10.0 Å². The molecule has 0 spiro atoms. The van der Waals surface area contributed by atoms with Gasteiger partial charge in [-0.3, -0.25) is 14.4 Å². The van der Waals surface area contributed by atoms with Crippen LogP contribution in [-0.4, -0.2) is 43.5 Å². The van der Waals surface area contributed by atoms with E-state index in [-0.39, 0.29) is 24.9 Å². The van der Waals surface area contributed by atoms with Crippen LogP contribution in [0, 0.1) is 6.92 Å². The Labute approximate surface area is 253 Å². The van der Waals surface area contributed by atoms with Crippen LogP contribution in [0.2, 0.25) is 0 Å². The van der Waals surface area contributed by atoms with Gasteiger partial charge in [0.15, 0.2) is 0 Å².